The second-order valence-electron chi connectivity index (χ2n) is 4.09. The van der Waals surface area contributed by atoms with E-state index in [1.807, 2.05) is 4.31 Å². The van der Waals surface area contributed by atoms with E-state index < -0.39 is 5.30 Å². The van der Waals surface area contributed by atoms with Crippen molar-refractivity contribution >= 4 is 17.2 Å². The van der Waals surface area contributed by atoms with Crippen molar-refractivity contribution in [2.45, 2.75) is 25.7 Å². The normalized spacial score (nSPS) is 34.5. The molecule has 3 aliphatic rings. The van der Waals surface area contributed by atoms with Crippen LogP contribution in [0.4, 0.5) is 4.79 Å². The maximum absolute atomic E-state index is 10.5. The molecule has 2 aliphatic heterocycles. The van der Waals surface area contributed by atoms with Gasteiger partial charge in [0.05, 0.1) is 0 Å². The zero-order valence-electron chi connectivity index (χ0n) is 7.61. The molecule has 74 valence electrons. The second kappa shape index (κ2) is 3.88. The first-order chi connectivity index (χ1) is 6.24. The van der Waals surface area contributed by atoms with Gasteiger partial charge in [0, 0.05) is 25.0 Å². The van der Waals surface area contributed by atoms with Gasteiger partial charge in [-0.2, -0.15) is 0 Å². The van der Waals surface area contributed by atoms with E-state index in [1.54, 1.807) is 0 Å². The maximum atomic E-state index is 10.5. The zero-order chi connectivity index (χ0) is 9.26. The highest BCUT2D eigenvalue weighted by molar-refractivity contribution is 8.11. The first-order valence-corrected chi connectivity index (χ1v) is 5.67. The molecule has 2 heterocycles. The Kier molecular flexibility index (Phi) is 2.79. The zero-order valence-corrected chi connectivity index (χ0v) is 8.42. The molecule has 0 spiro atoms. The smallest absolute Gasteiger partial charge is 0.380 e. The number of hydrogen-bond donors (Lipinski definition) is 1. The van der Waals surface area contributed by atoms with Crippen LogP contribution < -0.4 is 0 Å². The fraction of sp³-hybridized carbons (Fsp3) is 0.889. The largest absolute Gasteiger partial charge is 0.472 e. The van der Waals surface area contributed by atoms with Crippen molar-refractivity contribution in [2.75, 3.05) is 13.1 Å². The van der Waals surface area contributed by atoms with Crippen LogP contribution in [0.5, 0.6) is 0 Å². The lowest BCUT2D eigenvalue weighted by Crippen LogP contribution is -2.22. The Balaban J connectivity index is 1.95. The van der Waals surface area contributed by atoms with E-state index in [1.165, 1.54) is 25.7 Å². The van der Waals surface area contributed by atoms with Crippen LogP contribution in [0.1, 0.15) is 25.7 Å². The van der Waals surface area contributed by atoms with E-state index >= 15 is 0 Å². The minimum Gasteiger partial charge on any atom is -0.472 e. The summed E-state index contributed by atoms with van der Waals surface area (Å²) in [5.41, 5.74) is 0. The number of hydrogen-bond acceptors (Lipinski definition) is 3. The van der Waals surface area contributed by atoms with Crippen molar-refractivity contribution in [3.8, 4) is 0 Å². The highest BCUT2D eigenvalue weighted by Crippen LogP contribution is 2.36. The third-order valence-electron chi connectivity index (χ3n) is 3.10. The SMILES string of the molecule is O=C(O)SN1CC2CCC(CC2)C1. The standard InChI is InChI=1S/C9H15NO2S/c11-9(12)13-10-5-7-1-2-8(6-10)4-3-7/h7-8H,1-6H2,(H,11,12). The Bertz CT molecular complexity index is 188. The molecule has 2 saturated heterocycles. The van der Waals surface area contributed by atoms with Gasteiger partial charge in [-0.3, -0.25) is 0 Å². The first kappa shape index (κ1) is 9.34. The van der Waals surface area contributed by atoms with Gasteiger partial charge in [0.1, 0.15) is 0 Å². The van der Waals surface area contributed by atoms with E-state index in [-0.39, 0.29) is 0 Å². The lowest BCUT2D eigenvalue weighted by Gasteiger charge is -2.21. The summed E-state index contributed by atoms with van der Waals surface area (Å²) in [5.74, 6) is 1.51. The van der Waals surface area contributed by atoms with E-state index in [4.69, 9.17) is 5.11 Å². The molecule has 3 rings (SSSR count). The lowest BCUT2D eigenvalue weighted by molar-refractivity contribution is 0.220. The molecule has 0 amide bonds. The maximum Gasteiger partial charge on any atom is 0.380 e. The van der Waals surface area contributed by atoms with Crippen LogP contribution >= 0.6 is 11.9 Å². The van der Waals surface area contributed by atoms with Crippen LogP contribution in [0.2, 0.25) is 0 Å². The molecule has 13 heavy (non-hydrogen) atoms. The molecule has 1 N–H and O–H groups in total. The molecule has 0 unspecified atom stereocenters. The van der Waals surface area contributed by atoms with E-state index in [0.717, 1.165) is 36.9 Å². The molecular weight excluding hydrogens is 186 g/mol. The Hall–Kier alpha value is -0.220. The Morgan fingerprint density at radius 3 is 2.00 bits per heavy atom. The number of fused-ring (bicyclic) bond motifs is 4. The molecule has 0 aromatic rings. The van der Waals surface area contributed by atoms with Gasteiger partial charge in [0.2, 0.25) is 0 Å². The summed E-state index contributed by atoms with van der Waals surface area (Å²) >= 11 is 0.986. The number of rotatable bonds is 1. The molecule has 1 aliphatic carbocycles. The van der Waals surface area contributed by atoms with Crippen LogP contribution in [0.15, 0.2) is 0 Å². The Labute approximate surface area is 82.6 Å². The van der Waals surface area contributed by atoms with Gasteiger partial charge in [-0.15, -0.1) is 0 Å². The molecule has 0 atom stereocenters. The van der Waals surface area contributed by atoms with E-state index in [2.05, 4.69) is 0 Å². The molecule has 4 heteroatoms. The second-order valence-corrected chi connectivity index (χ2v) is 5.14. The topological polar surface area (TPSA) is 40.5 Å². The summed E-state index contributed by atoms with van der Waals surface area (Å²) in [6, 6.07) is 0. The summed E-state index contributed by atoms with van der Waals surface area (Å²) in [5, 5.41) is 7.91. The van der Waals surface area contributed by atoms with Gasteiger partial charge in [0.25, 0.3) is 0 Å². The summed E-state index contributed by atoms with van der Waals surface area (Å²) < 4.78 is 2.04. The van der Waals surface area contributed by atoms with Gasteiger partial charge in [-0.05, 0) is 37.5 Å². The average molecular weight is 201 g/mol. The molecule has 3 fully saturated rings. The van der Waals surface area contributed by atoms with Crippen LogP contribution in [0, 0.1) is 11.8 Å². The number of carbonyl (C=O) groups is 1. The van der Waals surface area contributed by atoms with Gasteiger partial charge in [-0.1, -0.05) is 0 Å². The number of nitrogens with zero attached hydrogens (tertiary/aromatic N) is 1. The Morgan fingerprint density at radius 1 is 1.15 bits per heavy atom. The van der Waals surface area contributed by atoms with Gasteiger partial charge in [-0.25, -0.2) is 9.10 Å². The molecule has 3 nitrogen and oxygen atoms in total. The fourth-order valence-corrected chi connectivity index (χ4v) is 3.22. The first-order valence-electron chi connectivity index (χ1n) is 4.90. The summed E-state index contributed by atoms with van der Waals surface area (Å²) in [6.07, 6.45) is 5.23. The minimum atomic E-state index is -0.763. The molecule has 0 aromatic carbocycles. The Morgan fingerprint density at radius 2 is 1.62 bits per heavy atom. The van der Waals surface area contributed by atoms with Gasteiger partial charge in [0.15, 0.2) is 0 Å². The van der Waals surface area contributed by atoms with Crippen molar-refractivity contribution in [3.05, 3.63) is 0 Å². The van der Waals surface area contributed by atoms with Gasteiger partial charge < -0.3 is 5.11 Å². The van der Waals surface area contributed by atoms with Crippen molar-refractivity contribution in [3.63, 3.8) is 0 Å². The third-order valence-corrected chi connectivity index (χ3v) is 3.81. The number of carboxylic acid groups (broad SMARTS) is 1. The monoisotopic (exact) mass is 201 g/mol. The average Bonchev–Trinajstić information content (AvgIpc) is 2.34. The molecule has 2 bridgehead atoms. The van der Waals surface area contributed by atoms with E-state index in [0.29, 0.717) is 0 Å². The van der Waals surface area contributed by atoms with Crippen LogP contribution in [0.25, 0.3) is 0 Å². The molecule has 0 radical (unpaired) electrons. The lowest BCUT2D eigenvalue weighted by atomic mass is 9.84. The summed E-state index contributed by atoms with van der Waals surface area (Å²) in [4.78, 5) is 10.5. The summed E-state index contributed by atoms with van der Waals surface area (Å²) in [7, 11) is 0. The molecule has 1 saturated carbocycles. The van der Waals surface area contributed by atoms with Crippen molar-refractivity contribution in [2.24, 2.45) is 11.8 Å². The highest BCUT2D eigenvalue weighted by Gasteiger charge is 2.30. The van der Waals surface area contributed by atoms with Crippen LogP contribution in [-0.4, -0.2) is 27.8 Å². The molecular formula is C9H15NO2S. The van der Waals surface area contributed by atoms with Crippen molar-refractivity contribution in [1.82, 2.24) is 4.31 Å². The van der Waals surface area contributed by atoms with Crippen molar-refractivity contribution < 1.29 is 9.90 Å². The van der Waals surface area contributed by atoms with E-state index in [9.17, 15) is 4.79 Å². The minimum absolute atomic E-state index is 0.755. The third kappa shape index (κ3) is 2.38. The van der Waals surface area contributed by atoms with Crippen LogP contribution in [0.3, 0.4) is 0 Å². The predicted octanol–water partition coefficient (Wildman–Crippen LogP) is 2.43. The fourth-order valence-electron chi connectivity index (χ4n) is 2.43. The predicted molar refractivity (Wildman–Crippen MR) is 52.6 cm³/mol. The summed E-state index contributed by atoms with van der Waals surface area (Å²) in [6.45, 7) is 1.96. The highest BCUT2D eigenvalue weighted by atomic mass is 32.2. The van der Waals surface area contributed by atoms with Crippen molar-refractivity contribution in [1.29, 1.82) is 0 Å². The van der Waals surface area contributed by atoms with Gasteiger partial charge >= 0.3 is 5.30 Å². The molecule has 0 aromatic heterocycles. The quantitative estimate of drug-likeness (QED) is 0.661. The van der Waals surface area contributed by atoms with Crippen LogP contribution in [-0.2, 0) is 0 Å².